The second-order valence-corrected chi connectivity index (χ2v) is 7.32. The molecule has 2 aliphatic rings. The minimum absolute atomic E-state index is 0.601. The van der Waals surface area contributed by atoms with Crippen LogP contribution in [0.4, 0.5) is 0 Å². The van der Waals surface area contributed by atoms with Gasteiger partial charge in [0.25, 0.3) is 0 Å². The number of hydrogen-bond donors (Lipinski definition) is 1. The van der Waals surface area contributed by atoms with Gasteiger partial charge in [-0.3, -0.25) is 4.90 Å². The van der Waals surface area contributed by atoms with Crippen molar-refractivity contribution in [2.45, 2.75) is 76.5 Å². The second-order valence-electron chi connectivity index (χ2n) is 6.54. The zero-order chi connectivity index (χ0) is 13.9. The van der Waals surface area contributed by atoms with E-state index in [1.165, 1.54) is 50.6 Å². The Labute approximate surface area is 127 Å². The van der Waals surface area contributed by atoms with Gasteiger partial charge in [0, 0.05) is 24.2 Å². The van der Waals surface area contributed by atoms with Crippen molar-refractivity contribution in [1.82, 2.24) is 10.2 Å². The summed E-state index contributed by atoms with van der Waals surface area (Å²) in [5.74, 6) is 0. The van der Waals surface area contributed by atoms with Crippen LogP contribution in [0.25, 0.3) is 0 Å². The van der Waals surface area contributed by atoms with Crippen LogP contribution in [0.3, 0.4) is 0 Å². The molecule has 1 aromatic heterocycles. The molecule has 2 nitrogen and oxygen atoms in total. The maximum Gasteiger partial charge on any atom is 0.0334 e. The Morgan fingerprint density at radius 3 is 2.70 bits per heavy atom. The van der Waals surface area contributed by atoms with Crippen LogP contribution in [0.15, 0.2) is 16.8 Å². The van der Waals surface area contributed by atoms with Crippen LogP contribution in [-0.4, -0.2) is 29.6 Å². The third-order valence-corrected chi connectivity index (χ3v) is 5.89. The molecule has 112 valence electrons. The van der Waals surface area contributed by atoms with Gasteiger partial charge in [0.1, 0.15) is 0 Å². The summed E-state index contributed by atoms with van der Waals surface area (Å²) in [6.07, 6.45) is 8.18. The van der Waals surface area contributed by atoms with Crippen LogP contribution in [-0.2, 0) is 0 Å². The van der Waals surface area contributed by atoms with Gasteiger partial charge in [0.05, 0.1) is 0 Å². The summed E-state index contributed by atoms with van der Waals surface area (Å²) in [5, 5.41) is 8.32. The normalized spacial score (nSPS) is 32.2. The number of nitrogens with one attached hydrogen (secondary N) is 1. The van der Waals surface area contributed by atoms with Gasteiger partial charge in [0.2, 0.25) is 0 Å². The van der Waals surface area contributed by atoms with Crippen LogP contribution in [0.5, 0.6) is 0 Å². The third-order valence-electron chi connectivity index (χ3n) is 5.19. The summed E-state index contributed by atoms with van der Waals surface area (Å²) < 4.78 is 0. The molecule has 0 amide bonds. The fraction of sp³-hybridized carbons (Fsp3) is 0.765. The van der Waals surface area contributed by atoms with E-state index >= 15 is 0 Å². The van der Waals surface area contributed by atoms with Gasteiger partial charge in [-0.1, -0.05) is 13.3 Å². The topological polar surface area (TPSA) is 15.3 Å². The average Bonchev–Trinajstić information content (AvgIpc) is 2.97. The van der Waals surface area contributed by atoms with Crippen LogP contribution >= 0.6 is 11.3 Å². The van der Waals surface area contributed by atoms with E-state index in [4.69, 9.17) is 0 Å². The van der Waals surface area contributed by atoms with Crippen molar-refractivity contribution in [3.8, 4) is 0 Å². The molecule has 0 aromatic carbocycles. The van der Waals surface area contributed by atoms with Gasteiger partial charge >= 0.3 is 0 Å². The smallest absolute Gasteiger partial charge is 0.0334 e. The minimum Gasteiger partial charge on any atom is -0.314 e. The molecule has 0 saturated carbocycles. The average molecular weight is 292 g/mol. The van der Waals surface area contributed by atoms with Gasteiger partial charge < -0.3 is 5.32 Å². The van der Waals surface area contributed by atoms with Crippen molar-refractivity contribution < 1.29 is 0 Å². The number of piperidine rings is 2. The highest BCUT2D eigenvalue weighted by Gasteiger charge is 2.40. The number of thiophene rings is 1. The predicted octanol–water partition coefficient (Wildman–Crippen LogP) is 4.19. The van der Waals surface area contributed by atoms with Gasteiger partial charge in [-0.05, 0) is 68.0 Å². The Morgan fingerprint density at radius 1 is 1.35 bits per heavy atom. The lowest BCUT2D eigenvalue weighted by Crippen LogP contribution is -2.56. The highest BCUT2D eigenvalue weighted by molar-refractivity contribution is 7.07. The number of fused-ring (bicyclic) bond motifs is 2. The summed E-state index contributed by atoms with van der Waals surface area (Å²) in [5.41, 5.74) is 1.52. The van der Waals surface area contributed by atoms with Crippen LogP contribution in [0.2, 0.25) is 0 Å². The lowest BCUT2D eigenvalue weighted by atomic mass is 9.80. The summed E-state index contributed by atoms with van der Waals surface area (Å²) >= 11 is 1.83. The first-order chi connectivity index (χ1) is 9.79. The maximum atomic E-state index is 3.77. The Morgan fingerprint density at radius 2 is 2.10 bits per heavy atom. The Balaban J connectivity index is 1.70. The first kappa shape index (κ1) is 14.6. The standard InChI is InChI=1S/C17H28N2S/c1-3-8-18-15-10-16-5-4-6-17(11-15)19(16)13(2)14-7-9-20-12-14/h7,9,12-13,15-18H,3-6,8,10-11H2,1-2H3. The van der Waals surface area contributed by atoms with E-state index in [9.17, 15) is 0 Å². The van der Waals surface area contributed by atoms with Crippen molar-refractivity contribution in [3.63, 3.8) is 0 Å². The van der Waals surface area contributed by atoms with E-state index < -0.39 is 0 Å². The van der Waals surface area contributed by atoms with Gasteiger partial charge in [-0.2, -0.15) is 11.3 Å². The maximum absolute atomic E-state index is 3.77. The van der Waals surface area contributed by atoms with Crippen molar-refractivity contribution in [3.05, 3.63) is 22.4 Å². The highest BCUT2D eigenvalue weighted by atomic mass is 32.1. The lowest BCUT2D eigenvalue weighted by molar-refractivity contribution is -0.00610. The number of hydrogen-bond acceptors (Lipinski definition) is 3. The van der Waals surface area contributed by atoms with E-state index in [0.717, 1.165) is 18.1 Å². The largest absolute Gasteiger partial charge is 0.314 e. The third kappa shape index (κ3) is 2.95. The molecule has 0 spiro atoms. The molecule has 3 heterocycles. The van der Waals surface area contributed by atoms with Crippen LogP contribution in [0, 0.1) is 0 Å². The molecule has 3 heteroatoms. The fourth-order valence-electron chi connectivity index (χ4n) is 4.25. The summed E-state index contributed by atoms with van der Waals surface area (Å²) in [4.78, 5) is 2.84. The van der Waals surface area contributed by atoms with E-state index in [0.29, 0.717) is 6.04 Å². The predicted molar refractivity (Wildman–Crippen MR) is 87.3 cm³/mol. The number of rotatable bonds is 5. The molecule has 2 saturated heterocycles. The van der Waals surface area contributed by atoms with Crippen molar-refractivity contribution >= 4 is 11.3 Å². The van der Waals surface area contributed by atoms with E-state index in [-0.39, 0.29) is 0 Å². The van der Waals surface area contributed by atoms with Gasteiger partial charge in [-0.15, -0.1) is 0 Å². The molecule has 2 bridgehead atoms. The first-order valence-electron chi connectivity index (χ1n) is 8.32. The summed E-state index contributed by atoms with van der Waals surface area (Å²) in [6.45, 7) is 5.86. The fourth-order valence-corrected chi connectivity index (χ4v) is 5.00. The molecule has 2 fully saturated rings. The van der Waals surface area contributed by atoms with E-state index in [1.54, 1.807) is 0 Å². The Hall–Kier alpha value is -0.380. The van der Waals surface area contributed by atoms with Crippen molar-refractivity contribution in [2.24, 2.45) is 0 Å². The molecule has 3 atom stereocenters. The molecule has 3 rings (SSSR count). The van der Waals surface area contributed by atoms with Crippen molar-refractivity contribution in [1.29, 1.82) is 0 Å². The molecule has 0 radical (unpaired) electrons. The SMILES string of the molecule is CCCNC1CC2CCCC(C1)N2C(C)c1ccsc1. The molecular formula is C17H28N2S. The Kier molecular flexibility index (Phi) is 4.79. The lowest BCUT2D eigenvalue weighted by Gasteiger charge is -2.51. The molecule has 1 N–H and O–H groups in total. The number of nitrogens with zero attached hydrogens (tertiary/aromatic N) is 1. The first-order valence-corrected chi connectivity index (χ1v) is 9.26. The monoisotopic (exact) mass is 292 g/mol. The molecule has 0 aliphatic carbocycles. The van der Waals surface area contributed by atoms with Crippen LogP contribution in [0.1, 0.15) is 64.0 Å². The molecule has 2 aliphatic heterocycles. The van der Waals surface area contributed by atoms with Crippen molar-refractivity contribution in [2.75, 3.05) is 6.54 Å². The molecule has 3 unspecified atom stereocenters. The second kappa shape index (κ2) is 6.59. The zero-order valence-electron chi connectivity index (χ0n) is 12.8. The minimum atomic E-state index is 0.601. The van der Waals surface area contributed by atoms with E-state index in [1.807, 2.05) is 11.3 Å². The molecule has 20 heavy (non-hydrogen) atoms. The molecule has 1 aromatic rings. The van der Waals surface area contributed by atoms with Crippen LogP contribution < -0.4 is 5.32 Å². The van der Waals surface area contributed by atoms with Gasteiger partial charge in [-0.25, -0.2) is 0 Å². The summed E-state index contributed by atoms with van der Waals surface area (Å²) in [6, 6.07) is 5.27. The Bertz CT molecular complexity index is 389. The molecular weight excluding hydrogens is 264 g/mol. The van der Waals surface area contributed by atoms with E-state index in [2.05, 4.69) is 40.9 Å². The zero-order valence-corrected chi connectivity index (χ0v) is 13.7. The summed E-state index contributed by atoms with van der Waals surface area (Å²) in [7, 11) is 0. The highest BCUT2D eigenvalue weighted by Crippen LogP contribution is 2.40. The quantitative estimate of drug-likeness (QED) is 0.875. The van der Waals surface area contributed by atoms with Gasteiger partial charge in [0.15, 0.2) is 0 Å².